The molecule has 2 nitrogen and oxygen atoms in total. The Kier molecular flexibility index (Phi) is 5.70. The average Bonchev–Trinajstić information content (AvgIpc) is 3.71. The van der Waals surface area contributed by atoms with Crippen molar-refractivity contribution in [1.29, 1.82) is 0 Å². The monoisotopic (exact) mass is 634 g/mol. The summed E-state index contributed by atoms with van der Waals surface area (Å²) in [7, 11) is 0. The lowest BCUT2D eigenvalue weighted by Gasteiger charge is -2.13. The first kappa shape index (κ1) is 27.3. The molecular formula is C48H30N2. The summed E-state index contributed by atoms with van der Waals surface area (Å²) in [6.45, 7) is 0. The van der Waals surface area contributed by atoms with Crippen molar-refractivity contribution >= 4 is 65.2 Å². The molecule has 0 bridgehead atoms. The van der Waals surface area contributed by atoms with Crippen molar-refractivity contribution in [3.05, 3.63) is 182 Å². The second kappa shape index (κ2) is 10.4. The summed E-state index contributed by atoms with van der Waals surface area (Å²) < 4.78 is 4.95. The van der Waals surface area contributed by atoms with E-state index in [1.165, 1.54) is 87.4 Å². The predicted octanol–water partition coefficient (Wildman–Crippen LogP) is 13.0. The smallest absolute Gasteiger partial charge is 0.0568 e. The Labute approximate surface area is 289 Å². The Morgan fingerprint density at radius 2 is 0.660 bits per heavy atom. The maximum absolute atomic E-state index is 2.48. The molecule has 0 spiro atoms. The van der Waals surface area contributed by atoms with Gasteiger partial charge in [0.05, 0.1) is 22.1 Å². The molecule has 2 heterocycles. The molecule has 2 heteroatoms. The van der Waals surface area contributed by atoms with E-state index in [1.54, 1.807) is 0 Å². The first-order chi connectivity index (χ1) is 24.8. The van der Waals surface area contributed by atoms with Crippen LogP contribution in [0.15, 0.2) is 182 Å². The third-order valence-corrected chi connectivity index (χ3v) is 10.7. The zero-order chi connectivity index (χ0) is 32.8. The van der Waals surface area contributed by atoms with E-state index in [0.717, 1.165) is 11.4 Å². The summed E-state index contributed by atoms with van der Waals surface area (Å²) in [6, 6.07) is 66.5. The Balaban J connectivity index is 1.28. The molecule has 232 valence electrons. The van der Waals surface area contributed by atoms with E-state index >= 15 is 0 Å². The largest absolute Gasteiger partial charge is 0.309 e. The first-order valence-electron chi connectivity index (χ1n) is 17.3. The number of rotatable bonds is 4. The average molecular weight is 635 g/mol. The number of hydrogen-bond acceptors (Lipinski definition) is 0. The minimum absolute atomic E-state index is 1.15. The predicted molar refractivity (Wildman–Crippen MR) is 212 cm³/mol. The van der Waals surface area contributed by atoms with Gasteiger partial charge in [0.25, 0.3) is 0 Å². The quantitative estimate of drug-likeness (QED) is 0.171. The van der Waals surface area contributed by atoms with Gasteiger partial charge in [-0.15, -0.1) is 0 Å². The van der Waals surface area contributed by atoms with Gasteiger partial charge in [-0.1, -0.05) is 140 Å². The molecule has 50 heavy (non-hydrogen) atoms. The number of fused-ring (bicyclic) bond motifs is 7. The van der Waals surface area contributed by atoms with Crippen LogP contribution in [0.25, 0.3) is 98.8 Å². The minimum atomic E-state index is 1.15. The van der Waals surface area contributed by atoms with Crippen LogP contribution >= 0.6 is 0 Å². The van der Waals surface area contributed by atoms with Crippen molar-refractivity contribution in [2.24, 2.45) is 0 Å². The highest BCUT2D eigenvalue weighted by Gasteiger charge is 2.25. The van der Waals surface area contributed by atoms with E-state index < -0.39 is 0 Å². The molecule has 0 saturated carbocycles. The summed E-state index contributed by atoms with van der Waals surface area (Å²) in [5.74, 6) is 0. The van der Waals surface area contributed by atoms with Crippen LogP contribution in [0.4, 0.5) is 0 Å². The fraction of sp³-hybridized carbons (Fsp3) is 0. The maximum Gasteiger partial charge on any atom is 0.0568 e. The summed E-state index contributed by atoms with van der Waals surface area (Å²) >= 11 is 0. The summed E-state index contributed by atoms with van der Waals surface area (Å²) in [5.41, 5.74) is 12.1. The zero-order valence-corrected chi connectivity index (χ0v) is 27.2. The molecule has 0 radical (unpaired) electrons. The fourth-order valence-corrected chi connectivity index (χ4v) is 8.52. The number of nitrogens with zero attached hydrogens (tertiary/aromatic N) is 2. The van der Waals surface area contributed by atoms with Crippen molar-refractivity contribution in [2.75, 3.05) is 0 Å². The number of hydrogen-bond donors (Lipinski definition) is 0. The van der Waals surface area contributed by atoms with Crippen molar-refractivity contribution in [3.63, 3.8) is 0 Å². The van der Waals surface area contributed by atoms with Gasteiger partial charge in [0, 0.05) is 38.3 Å². The topological polar surface area (TPSA) is 9.86 Å². The van der Waals surface area contributed by atoms with Gasteiger partial charge < -0.3 is 9.13 Å². The zero-order valence-electron chi connectivity index (χ0n) is 27.2. The Morgan fingerprint density at radius 1 is 0.240 bits per heavy atom. The van der Waals surface area contributed by atoms with Crippen molar-refractivity contribution in [1.82, 2.24) is 9.13 Å². The van der Waals surface area contributed by atoms with Gasteiger partial charge in [-0.3, -0.25) is 0 Å². The lowest BCUT2D eigenvalue weighted by Crippen LogP contribution is -1.96. The molecule has 0 N–H and O–H groups in total. The molecular weight excluding hydrogens is 605 g/mol. The normalized spacial score (nSPS) is 12.0. The summed E-state index contributed by atoms with van der Waals surface area (Å²) in [6.07, 6.45) is 0. The van der Waals surface area contributed by atoms with Crippen LogP contribution in [-0.2, 0) is 0 Å². The molecule has 11 aromatic rings. The molecule has 0 fully saturated rings. The summed E-state index contributed by atoms with van der Waals surface area (Å²) in [4.78, 5) is 0. The molecule has 0 atom stereocenters. The number of aromatic nitrogens is 2. The molecule has 0 unspecified atom stereocenters. The highest BCUT2D eigenvalue weighted by atomic mass is 15.0. The maximum atomic E-state index is 2.48. The van der Waals surface area contributed by atoms with E-state index in [4.69, 9.17) is 0 Å². The van der Waals surface area contributed by atoms with Gasteiger partial charge in [0.2, 0.25) is 0 Å². The lowest BCUT2D eigenvalue weighted by atomic mass is 9.92. The Hall–Kier alpha value is -6.64. The van der Waals surface area contributed by atoms with Crippen molar-refractivity contribution < 1.29 is 0 Å². The van der Waals surface area contributed by atoms with Gasteiger partial charge in [-0.05, 0) is 80.9 Å². The van der Waals surface area contributed by atoms with Crippen LogP contribution in [0.1, 0.15) is 0 Å². The van der Waals surface area contributed by atoms with Crippen molar-refractivity contribution in [2.45, 2.75) is 0 Å². The molecule has 0 aliphatic rings. The van der Waals surface area contributed by atoms with Crippen LogP contribution in [0.2, 0.25) is 0 Å². The molecule has 0 amide bonds. The van der Waals surface area contributed by atoms with Crippen LogP contribution in [-0.4, -0.2) is 9.13 Å². The molecule has 0 saturated heterocycles. The standard InChI is InChI=1S/C48H30N2/c1-3-12-31(13-4-1)33-22-26-35(27-23-33)49-41-20-10-9-18-40(41)46-43(49)30-44-48-45-38(37-16-7-8-17-39(37)47(46)48)19-11-21-42(45)50(44)36-28-24-34(25-29-36)32-14-5-2-6-15-32/h1-30H. The van der Waals surface area contributed by atoms with E-state index in [1.807, 2.05) is 0 Å². The molecule has 0 aliphatic heterocycles. The lowest BCUT2D eigenvalue weighted by molar-refractivity contribution is 1.17. The first-order valence-corrected chi connectivity index (χ1v) is 17.3. The molecule has 11 rings (SSSR count). The third kappa shape index (κ3) is 3.79. The van der Waals surface area contributed by atoms with Gasteiger partial charge in [0.1, 0.15) is 0 Å². The molecule has 2 aromatic heterocycles. The Morgan fingerprint density at radius 3 is 1.30 bits per heavy atom. The molecule has 9 aromatic carbocycles. The van der Waals surface area contributed by atoms with Gasteiger partial charge in [0.15, 0.2) is 0 Å². The number of para-hydroxylation sites is 1. The highest BCUT2D eigenvalue weighted by Crippen LogP contribution is 2.49. The van der Waals surface area contributed by atoms with E-state index in [9.17, 15) is 0 Å². The van der Waals surface area contributed by atoms with E-state index in [2.05, 4.69) is 191 Å². The van der Waals surface area contributed by atoms with Crippen LogP contribution < -0.4 is 0 Å². The van der Waals surface area contributed by atoms with Gasteiger partial charge >= 0.3 is 0 Å². The number of benzene rings is 9. The van der Waals surface area contributed by atoms with E-state index in [0.29, 0.717) is 0 Å². The van der Waals surface area contributed by atoms with Crippen LogP contribution in [0.3, 0.4) is 0 Å². The minimum Gasteiger partial charge on any atom is -0.309 e. The highest BCUT2D eigenvalue weighted by molar-refractivity contribution is 6.41. The van der Waals surface area contributed by atoms with Gasteiger partial charge in [-0.25, -0.2) is 0 Å². The van der Waals surface area contributed by atoms with Crippen LogP contribution in [0, 0.1) is 0 Å². The SMILES string of the molecule is c1ccc(-c2ccc(-n3c4ccccc4c4c5c6ccccc6c6cccc7c6c5c(cc43)n7-c3ccc(-c4ccccc4)cc3)cc2)cc1. The van der Waals surface area contributed by atoms with Crippen molar-refractivity contribution in [3.8, 4) is 33.6 Å². The second-order valence-corrected chi connectivity index (χ2v) is 13.3. The molecule has 0 aliphatic carbocycles. The second-order valence-electron chi connectivity index (χ2n) is 13.3. The van der Waals surface area contributed by atoms with Gasteiger partial charge in [-0.2, -0.15) is 0 Å². The summed E-state index contributed by atoms with van der Waals surface area (Å²) in [5, 5.41) is 10.4. The Bertz CT molecular complexity index is 3020. The van der Waals surface area contributed by atoms with E-state index in [-0.39, 0.29) is 0 Å². The third-order valence-electron chi connectivity index (χ3n) is 10.7. The van der Waals surface area contributed by atoms with Crippen LogP contribution in [0.5, 0.6) is 0 Å². The fourth-order valence-electron chi connectivity index (χ4n) is 8.52.